The van der Waals surface area contributed by atoms with Gasteiger partial charge < -0.3 is 10.1 Å². The third kappa shape index (κ3) is 2.76. The molecule has 1 aliphatic rings. The summed E-state index contributed by atoms with van der Waals surface area (Å²) >= 11 is 0. The zero-order chi connectivity index (χ0) is 15.8. The zero-order valence-electron chi connectivity index (χ0n) is 14.8. The minimum absolute atomic E-state index is 0.0837. The second-order valence-electron chi connectivity index (χ2n) is 6.79. The Bertz CT molecular complexity index is 498. The van der Waals surface area contributed by atoms with E-state index in [1.54, 1.807) is 0 Å². The molecular weight excluding hydrogens is 258 g/mol. The molecule has 2 nitrogen and oxygen atoms in total. The second kappa shape index (κ2) is 6.10. The van der Waals surface area contributed by atoms with Gasteiger partial charge in [-0.15, -0.1) is 0 Å². The van der Waals surface area contributed by atoms with Gasteiger partial charge in [-0.1, -0.05) is 6.92 Å². The van der Waals surface area contributed by atoms with Gasteiger partial charge in [0, 0.05) is 6.61 Å². The van der Waals surface area contributed by atoms with E-state index in [4.69, 9.17) is 4.74 Å². The third-order valence-electron chi connectivity index (χ3n) is 5.61. The molecule has 21 heavy (non-hydrogen) atoms. The Morgan fingerprint density at radius 3 is 1.95 bits per heavy atom. The predicted molar refractivity (Wildman–Crippen MR) is 90.1 cm³/mol. The third-order valence-corrected chi connectivity index (χ3v) is 5.61. The monoisotopic (exact) mass is 289 g/mol. The number of nitrogens with one attached hydrogen (secondary N) is 1. The maximum atomic E-state index is 6.17. The summed E-state index contributed by atoms with van der Waals surface area (Å²) in [6, 6.07) is 0.281. The van der Waals surface area contributed by atoms with Crippen molar-refractivity contribution in [2.24, 2.45) is 0 Å². The van der Waals surface area contributed by atoms with Crippen molar-refractivity contribution in [2.45, 2.75) is 73.0 Å². The largest absolute Gasteiger partial charge is 0.373 e. The van der Waals surface area contributed by atoms with Crippen LogP contribution in [0.1, 0.15) is 66.1 Å². The molecule has 1 saturated heterocycles. The SMILES string of the molecule is CCNC(c1c(C)c(C)c(C)c(C)c1C)C1(C)CCCO1. The van der Waals surface area contributed by atoms with Crippen LogP contribution in [0.25, 0.3) is 0 Å². The fourth-order valence-corrected chi connectivity index (χ4v) is 3.82. The summed E-state index contributed by atoms with van der Waals surface area (Å²) in [4.78, 5) is 0. The number of likely N-dealkylation sites (N-methyl/N-ethyl adjacent to an activating group) is 1. The van der Waals surface area contributed by atoms with Gasteiger partial charge in [-0.25, -0.2) is 0 Å². The van der Waals surface area contributed by atoms with Crippen molar-refractivity contribution >= 4 is 0 Å². The Balaban J connectivity index is 2.61. The fraction of sp³-hybridized carbons (Fsp3) is 0.684. The van der Waals surface area contributed by atoms with E-state index in [2.05, 4.69) is 53.8 Å². The van der Waals surface area contributed by atoms with Gasteiger partial charge in [0.1, 0.15) is 0 Å². The van der Waals surface area contributed by atoms with Crippen LogP contribution in [0, 0.1) is 34.6 Å². The van der Waals surface area contributed by atoms with Gasteiger partial charge in [0.2, 0.25) is 0 Å². The quantitative estimate of drug-likeness (QED) is 0.884. The second-order valence-corrected chi connectivity index (χ2v) is 6.79. The van der Waals surface area contributed by atoms with Gasteiger partial charge >= 0.3 is 0 Å². The molecule has 1 aromatic rings. The summed E-state index contributed by atoms with van der Waals surface area (Å²) in [6.45, 7) is 17.6. The molecule has 118 valence electrons. The number of benzene rings is 1. The lowest BCUT2D eigenvalue weighted by atomic mass is 9.79. The van der Waals surface area contributed by atoms with Gasteiger partial charge in [-0.05, 0) is 94.3 Å². The van der Waals surface area contributed by atoms with Crippen molar-refractivity contribution in [1.82, 2.24) is 5.32 Å². The molecule has 0 radical (unpaired) electrons. The summed E-state index contributed by atoms with van der Waals surface area (Å²) in [5.41, 5.74) is 8.52. The van der Waals surface area contributed by atoms with E-state index in [0.717, 1.165) is 19.6 Å². The minimum Gasteiger partial charge on any atom is -0.373 e. The lowest BCUT2D eigenvalue weighted by molar-refractivity contribution is -0.0124. The average Bonchev–Trinajstić information content (AvgIpc) is 2.90. The summed E-state index contributed by atoms with van der Waals surface area (Å²) in [6.07, 6.45) is 2.30. The lowest BCUT2D eigenvalue weighted by Gasteiger charge is -2.37. The van der Waals surface area contributed by atoms with Gasteiger partial charge in [0.15, 0.2) is 0 Å². The highest BCUT2D eigenvalue weighted by molar-refractivity contribution is 5.51. The van der Waals surface area contributed by atoms with E-state index in [1.165, 1.54) is 39.8 Å². The summed E-state index contributed by atoms with van der Waals surface area (Å²) in [7, 11) is 0. The molecule has 0 spiro atoms. The molecular formula is C19H31NO. The normalized spacial score (nSPS) is 23.6. The number of ether oxygens (including phenoxy) is 1. The summed E-state index contributed by atoms with van der Waals surface area (Å²) in [5, 5.41) is 3.71. The first kappa shape index (κ1) is 16.5. The highest BCUT2D eigenvalue weighted by atomic mass is 16.5. The van der Waals surface area contributed by atoms with Crippen molar-refractivity contribution in [1.29, 1.82) is 0 Å². The molecule has 1 heterocycles. The molecule has 0 amide bonds. The maximum absolute atomic E-state index is 6.17. The minimum atomic E-state index is -0.0837. The number of hydrogen-bond donors (Lipinski definition) is 1. The average molecular weight is 289 g/mol. The van der Waals surface area contributed by atoms with Crippen LogP contribution in [0.3, 0.4) is 0 Å². The molecule has 0 aliphatic carbocycles. The van der Waals surface area contributed by atoms with Crippen LogP contribution in [0.4, 0.5) is 0 Å². The Morgan fingerprint density at radius 2 is 1.52 bits per heavy atom. The van der Waals surface area contributed by atoms with Crippen molar-refractivity contribution in [2.75, 3.05) is 13.2 Å². The van der Waals surface area contributed by atoms with Gasteiger partial charge in [-0.3, -0.25) is 0 Å². The highest BCUT2D eigenvalue weighted by Gasteiger charge is 2.40. The van der Waals surface area contributed by atoms with Crippen molar-refractivity contribution in [3.8, 4) is 0 Å². The van der Waals surface area contributed by atoms with E-state index >= 15 is 0 Å². The first-order valence-electron chi connectivity index (χ1n) is 8.27. The molecule has 1 aromatic carbocycles. The summed E-state index contributed by atoms with van der Waals surface area (Å²) < 4.78 is 6.17. The lowest BCUT2D eigenvalue weighted by Crippen LogP contribution is -2.42. The van der Waals surface area contributed by atoms with E-state index in [0.29, 0.717) is 0 Å². The molecule has 0 bridgehead atoms. The first-order chi connectivity index (χ1) is 9.83. The van der Waals surface area contributed by atoms with Crippen LogP contribution >= 0.6 is 0 Å². The van der Waals surface area contributed by atoms with Crippen LogP contribution in [0.5, 0.6) is 0 Å². The molecule has 1 N–H and O–H groups in total. The molecule has 1 aliphatic heterocycles. The standard InChI is InChI=1S/C19H31NO/c1-8-20-18(19(7)10-9-11-21-19)17-15(5)13(3)12(2)14(4)16(17)6/h18,20H,8-11H2,1-7H3. The number of rotatable bonds is 4. The van der Waals surface area contributed by atoms with Crippen LogP contribution in [0.2, 0.25) is 0 Å². The topological polar surface area (TPSA) is 21.3 Å². The first-order valence-corrected chi connectivity index (χ1v) is 8.27. The van der Waals surface area contributed by atoms with E-state index in [1.807, 2.05) is 0 Å². The van der Waals surface area contributed by atoms with Gasteiger partial charge in [0.25, 0.3) is 0 Å². The van der Waals surface area contributed by atoms with E-state index < -0.39 is 0 Å². The molecule has 0 aromatic heterocycles. The Labute approximate surface area is 130 Å². The summed E-state index contributed by atoms with van der Waals surface area (Å²) in [5.74, 6) is 0. The Hall–Kier alpha value is -0.860. The van der Waals surface area contributed by atoms with Gasteiger partial charge in [0.05, 0.1) is 11.6 Å². The zero-order valence-corrected chi connectivity index (χ0v) is 14.8. The molecule has 2 atom stereocenters. The van der Waals surface area contributed by atoms with Crippen molar-refractivity contribution in [3.05, 3.63) is 33.4 Å². The fourth-order valence-electron chi connectivity index (χ4n) is 3.82. The van der Waals surface area contributed by atoms with Gasteiger partial charge in [-0.2, -0.15) is 0 Å². The Morgan fingerprint density at radius 1 is 1.00 bits per heavy atom. The van der Waals surface area contributed by atoms with Crippen LogP contribution < -0.4 is 5.32 Å². The van der Waals surface area contributed by atoms with Crippen LogP contribution in [-0.4, -0.2) is 18.8 Å². The van der Waals surface area contributed by atoms with Crippen molar-refractivity contribution in [3.63, 3.8) is 0 Å². The molecule has 1 fully saturated rings. The highest BCUT2D eigenvalue weighted by Crippen LogP contribution is 2.41. The van der Waals surface area contributed by atoms with Crippen molar-refractivity contribution < 1.29 is 4.74 Å². The number of hydrogen-bond acceptors (Lipinski definition) is 2. The molecule has 2 unspecified atom stereocenters. The maximum Gasteiger partial charge on any atom is 0.0849 e. The molecule has 2 heteroatoms. The molecule has 0 saturated carbocycles. The predicted octanol–water partition coefficient (Wildman–Crippen LogP) is 4.45. The van der Waals surface area contributed by atoms with E-state index in [9.17, 15) is 0 Å². The molecule has 2 rings (SSSR count). The smallest absolute Gasteiger partial charge is 0.0849 e. The van der Waals surface area contributed by atoms with E-state index in [-0.39, 0.29) is 11.6 Å². The van der Waals surface area contributed by atoms with Crippen LogP contribution in [-0.2, 0) is 4.74 Å². The Kier molecular flexibility index (Phi) is 4.79. The van der Waals surface area contributed by atoms with Crippen LogP contribution in [0.15, 0.2) is 0 Å².